The van der Waals surface area contributed by atoms with Gasteiger partial charge in [-0.05, 0) is 71.3 Å². The van der Waals surface area contributed by atoms with Gasteiger partial charge in [0.05, 0.1) is 16.6 Å². The van der Waals surface area contributed by atoms with E-state index in [0.717, 1.165) is 48.4 Å². The molecule has 1 aromatic heterocycles. The number of imidazole rings is 1. The van der Waals surface area contributed by atoms with Crippen LogP contribution < -0.4 is 4.90 Å². The Balaban J connectivity index is 1.38. The van der Waals surface area contributed by atoms with E-state index in [-0.39, 0.29) is 11.0 Å². The summed E-state index contributed by atoms with van der Waals surface area (Å²) in [5, 5.41) is 9.62. The van der Waals surface area contributed by atoms with Crippen molar-refractivity contribution in [2.75, 3.05) is 4.90 Å². The van der Waals surface area contributed by atoms with Crippen LogP contribution in [0.3, 0.4) is 0 Å². The topological polar surface area (TPSA) is 58.4 Å². The number of aromatic nitrogens is 2. The van der Waals surface area contributed by atoms with Crippen molar-refractivity contribution in [2.45, 2.75) is 77.4 Å². The molecule has 5 heteroatoms. The number of hydrogen-bond acceptors (Lipinski definition) is 3. The van der Waals surface area contributed by atoms with Crippen LogP contribution in [0.4, 0.5) is 5.69 Å². The van der Waals surface area contributed by atoms with E-state index in [0.29, 0.717) is 6.04 Å². The smallest absolute Gasteiger partial charge is 0.335 e. The number of benzene rings is 4. The lowest BCUT2D eigenvalue weighted by Crippen LogP contribution is -2.22. The Kier molecular flexibility index (Phi) is 8.07. The molecule has 4 aromatic carbocycles. The van der Waals surface area contributed by atoms with Gasteiger partial charge in [-0.2, -0.15) is 0 Å². The van der Waals surface area contributed by atoms with Gasteiger partial charge in [0, 0.05) is 30.4 Å². The molecule has 0 aliphatic heterocycles. The molecule has 6 rings (SSSR count). The Labute approximate surface area is 254 Å². The summed E-state index contributed by atoms with van der Waals surface area (Å²) in [4.78, 5) is 19.2. The summed E-state index contributed by atoms with van der Waals surface area (Å²) >= 11 is 0. The highest BCUT2D eigenvalue weighted by atomic mass is 16.4. The van der Waals surface area contributed by atoms with Crippen LogP contribution in [0.2, 0.25) is 0 Å². The fourth-order valence-electron chi connectivity index (χ4n) is 6.39. The minimum Gasteiger partial charge on any atom is -0.478 e. The molecule has 220 valence electrons. The van der Waals surface area contributed by atoms with Crippen LogP contribution in [-0.4, -0.2) is 20.6 Å². The summed E-state index contributed by atoms with van der Waals surface area (Å²) in [5.74, 6) is 0.00197. The molecule has 0 spiro atoms. The van der Waals surface area contributed by atoms with Crippen molar-refractivity contribution in [3.8, 4) is 11.4 Å². The second-order valence-corrected chi connectivity index (χ2v) is 12.9. The van der Waals surface area contributed by atoms with Crippen LogP contribution in [0.15, 0.2) is 97.1 Å². The average molecular weight is 572 g/mol. The minimum atomic E-state index is -0.924. The summed E-state index contributed by atoms with van der Waals surface area (Å²) in [6.45, 7) is 8.30. The molecule has 5 aromatic rings. The molecule has 1 N–H and O–H groups in total. The molecule has 1 saturated carbocycles. The van der Waals surface area contributed by atoms with Crippen LogP contribution in [0.5, 0.6) is 0 Å². The molecule has 0 saturated heterocycles. The molecule has 5 nitrogen and oxygen atoms in total. The fourth-order valence-corrected chi connectivity index (χ4v) is 6.39. The van der Waals surface area contributed by atoms with Crippen molar-refractivity contribution in [3.63, 3.8) is 0 Å². The van der Waals surface area contributed by atoms with Crippen molar-refractivity contribution in [3.05, 3.63) is 119 Å². The van der Waals surface area contributed by atoms with Crippen molar-refractivity contribution < 1.29 is 9.90 Å². The summed E-state index contributed by atoms with van der Waals surface area (Å²) in [6, 6.07) is 34.1. The average Bonchev–Trinajstić information content (AvgIpc) is 3.40. The first-order chi connectivity index (χ1) is 20.8. The zero-order chi connectivity index (χ0) is 30.0. The predicted molar refractivity (Wildman–Crippen MR) is 176 cm³/mol. The van der Waals surface area contributed by atoms with Gasteiger partial charge in [-0.1, -0.05) is 101 Å². The lowest BCUT2D eigenvalue weighted by molar-refractivity contribution is 0.0697. The molecule has 1 aliphatic carbocycles. The van der Waals surface area contributed by atoms with Gasteiger partial charge in [-0.3, -0.25) is 0 Å². The van der Waals surface area contributed by atoms with Gasteiger partial charge >= 0.3 is 5.97 Å². The van der Waals surface area contributed by atoms with Crippen LogP contribution in [0, 0.1) is 0 Å². The van der Waals surface area contributed by atoms with Gasteiger partial charge in [0.1, 0.15) is 5.82 Å². The second kappa shape index (κ2) is 12.1. The molecule has 0 amide bonds. The Morgan fingerprint density at radius 3 is 2.23 bits per heavy atom. The highest BCUT2D eigenvalue weighted by molar-refractivity contribution is 5.93. The van der Waals surface area contributed by atoms with Crippen molar-refractivity contribution >= 4 is 22.7 Å². The third-order valence-electron chi connectivity index (χ3n) is 8.75. The molecule has 1 aliphatic rings. The number of hydrogen-bond donors (Lipinski definition) is 1. The van der Waals surface area contributed by atoms with E-state index in [1.165, 1.54) is 41.6 Å². The van der Waals surface area contributed by atoms with E-state index in [1.807, 2.05) is 6.07 Å². The molecule has 1 fully saturated rings. The number of rotatable bonds is 8. The first kappa shape index (κ1) is 28.7. The molecule has 1 heterocycles. The van der Waals surface area contributed by atoms with Gasteiger partial charge in [0.2, 0.25) is 0 Å². The number of anilines is 1. The Morgan fingerprint density at radius 1 is 0.837 bits per heavy atom. The molecular weight excluding hydrogens is 530 g/mol. The van der Waals surface area contributed by atoms with E-state index in [4.69, 9.17) is 4.98 Å². The highest BCUT2D eigenvalue weighted by Gasteiger charge is 2.23. The second-order valence-electron chi connectivity index (χ2n) is 12.9. The zero-order valence-electron chi connectivity index (χ0n) is 25.5. The number of carboxylic acid groups (broad SMARTS) is 1. The summed E-state index contributed by atoms with van der Waals surface area (Å²) in [6.07, 6.45) is 5.92. The maximum Gasteiger partial charge on any atom is 0.335 e. The largest absolute Gasteiger partial charge is 0.478 e. The zero-order valence-corrected chi connectivity index (χ0v) is 25.5. The number of carboxylic acids is 1. The van der Waals surface area contributed by atoms with Crippen molar-refractivity contribution in [1.29, 1.82) is 0 Å². The standard InChI is InChI=1S/C38H41N3O2/c1-38(2,3)31-18-20-32(21-19-31)40(25-27-11-6-4-7-12-27)26-28-13-10-14-29(23-28)36-39-34-24-30(37(42)43)17-22-35(34)41(36)33-15-8-5-9-16-33/h4,6-7,10-14,17-24,33H,5,8-9,15-16,25-26H2,1-3H3,(H,42,43). The van der Waals surface area contributed by atoms with E-state index in [1.54, 1.807) is 12.1 Å². The van der Waals surface area contributed by atoms with Gasteiger partial charge in [0.25, 0.3) is 0 Å². The molecule has 0 radical (unpaired) electrons. The Morgan fingerprint density at radius 2 is 1.53 bits per heavy atom. The van der Waals surface area contributed by atoms with Crippen molar-refractivity contribution in [1.82, 2.24) is 9.55 Å². The van der Waals surface area contributed by atoms with Gasteiger partial charge in [-0.25, -0.2) is 9.78 Å². The molecule has 43 heavy (non-hydrogen) atoms. The van der Waals surface area contributed by atoms with E-state index in [9.17, 15) is 9.90 Å². The number of fused-ring (bicyclic) bond motifs is 1. The lowest BCUT2D eigenvalue weighted by Gasteiger charge is -2.27. The summed E-state index contributed by atoms with van der Waals surface area (Å²) < 4.78 is 2.38. The van der Waals surface area contributed by atoms with Crippen LogP contribution in [-0.2, 0) is 18.5 Å². The molecule has 0 atom stereocenters. The molecular formula is C38H41N3O2. The Hall–Kier alpha value is -4.38. The third-order valence-corrected chi connectivity index (χ3v) is 8.75. The monoisotopic (exact) mass is 571 g/mol. The van der Waals surface area contributed by atoms with Gasteiger partial charge < -0.3 is 14.6 Å². The predicted octanol–water partition coefficient (Wildman–Crippen LogP) is 9.41. The van der Waals surface area contributed by atoms with E-state index < -0.39 is 5.97 Å². The van der Waals surface area contributed by atoms with Crippen molar-refractivity contribution in [2.24, 2.45) is 0 Å². The van der Waals surface area contributed by atoms with Gasteiger partial charge in [0.15, 0.2) is 0 Å². The molecule has 0 unspecified atom stereocenters. The minimum absolute atomic E-state index is 0.103. The normalized spacial score (nSPS) is 14.2. The SMILES string of the molecule is CC(C)(C)c1ccc(N(Cc2ccccc2)Cc2cccc(-c3nc4cc(C(=O)O)ccc4n3C3CCCCC3)c2)cc1. The summed E-state index contributed by atoms with van der Waals surface area (Å²) in [7, 11) is 0. The molecule has 0 bridgehead atoms. The third kappa shape index (κ3) is 6.36. The van der Waals surface area contributed by atoms with Gasteiger partial charge in [-0.15, -0.1) is 0 Å². The fraction of sp³-hybridized carbons (Fsp3) is 0.316. The highest BCUT2D eigenvalue weighted by Crippen LogP contribution is 2.37. The first-order valence-corrected chi connectivity index (χ1v) is 15.5. The quantitative estimate of drug-likeness (QED) is 0.202. The maximum atomic E-state index is 11.7. The Bertz CT molecular complexity index is 1710. The van der Waals surface area contributed by atoms with Crippen LogP contribution in [0.1, 0.15) is 86.0 Å². The van der Waals surface area contributed by atoms with Crippen LogP contribution >= 0.6 is 0 Å². The van der Waals surface area contributed by atoms with E-state index >= 15 is 0 Å². The number of nitrogens with zero attached hydrogens (tertiary/aromatic N) is 3. The maximum absolute atomic E-state index is 11.7. The van der Waals surface area contributed by atoms with Crippen LogP contribution in [0.25, 0.3) is 22.4 Å². The lowest BCUT2D eigenvalue weighted by atomic mass is 9.87. The summed E-state index contributed by atoms with van der Waals surface area (Å²) in [5.41, 5.74) is 8.20. The van der Waals surface area contributed by atoms with E-state index in [2.05, 4.69) is 109 Å². The number of aromatic carboxylic acids is 1. The first-order valence-electron chi connectivity index (χ1n) is 15.5. The number of carbonyl (C=O) groups is 1.